The van der Waals surface area contributed by atoms with Crippen LogP contribution < -0.4 is 5.32 Å². The van der Waals surface area contributed by atoms with Crippen molar-refractivity contribution < 1.29 is 9.90 Å². The minimum atomic E-state index is -0.137. The highest BCUT2D eigenvalue weighted by molar-refractivity contribution is 7.16. The van der Waals surface area contributed by atoms with Gasteiger partial charge in [0.15, 0.2) is 0 Å². The first-order chi connectivity index (χ1) is 11.2. The van der Waals surface area contributed by atoms with Crippen LogP contribution in [0.2, 0.25) is 0 Å². The highest BCUT2D eigenvalue weighted by Crippen LogP contribution is 2.36. The zero-order valence-corrected chi connectivity index (χ0v) is 14.1. The molecular weight excluding hydrogens is 308 g/mol. The summed E-state index contributed by atoms with van der Waals surface area (Å²) in [4.78, 5) is 15.7. The Labute approximate surface area is 140 Å². The number of carbonyl (C=O) groups is 1. The first-order valence-electron chi connectivity index (χ1n) is 7.96. The van der Waals surface area contributed by atoms with E-state index >= 15 is 0 Å². The zero-order valence-electron chi connectivity index (χ0n) is 13.2. The van der Waals surface area contributed by atoms with Crippen LogP contribution in [0.3, 0.4) is 0 Å². The average molecular weight is 330 g/mol. The summed E-state index contributed by atoms with van der Waals surface area (Å²) in [5, 5.41) is 13.6. The lowest BCUT2D eigenvalue weighted by Crippen LogP contribution is -2.45. The second-order valence-corrected chi connectivity index (χ2v) is 7.33. The SMILES string of the molecule is Cc1ccc(NC(=O)N(Cc2ccccc2)C(CO)C2CC2)s1. The van der Waals surface area contributed by atoms with Crippen molar-refractivity contribution >= 4 is 22.4 Å². The average Bonchev–Trinajstić information content (AvgIpc) is 3.31. The predicted octanol–water partition coefficient (Wildman–Crippen LogP) is 3.86. The summed E-state index contributed by atoms with van der Waals surface area (Å²) in [5.41, 5.74) is 1.07. The number of rotatable bonds is 6. The van der Waals surface area contributed by atoms with Crippen LogP contribution in [0.1, 0.15) is 23.3 Å². The molecule has 2 amide bonds. The number of hydrogen-bond donors (Lipinski definition) is 2. The monoisotopic (exact) mass is 330 g/mol. The van der Waals surface area contributed by atoms with Crippen molar-refractivity contribution in [3.63, 3.8) is 0 Å². The van der Waals surface area contributed by atoms with E-state index in [4.69, 9.17) is 0 Å². The highest BCUT2D eigenvalue weighted by Gasteiger charge is 2.37. The summed E-state index contributed by atoms with van der Waals surface area (Å²) < 4.78 is 0. The van der Waals surface area contributed by atoms with Crippen LogP contribution in [0.4, 0.5) is 9.80 Å². The Morgan fingerprint density at radius 1 is 1.30 bits per heavy atom. The van der Waals surface area contributed by atoms with E-state index in [0.29, 0.717) is 12.5 Å². The molecule has 1 saturated carbocycles. The van der Waals surface area contributed by atoms with Crippen molar-refractivity contribution in [2.75, 3.05) is 11.9 Å². The lowest BCUT2D eigenvalue weighted by molar-refractivity contribution is 0.124. The van der Waals surface area contributed by atoms with Crippen molar-refractivity contribution in [1.82, 2.24) is 4.90 Å². The van der Waals surface area contributed by atoms with E-state index in [2.05, 4.69) is 5.32 Å². The van der Waals surface area contributed by atoms with Gasteiger partial charge in [-0.25, -0.2) is 4.79 Å². The van der Waals surface area contributed by atoms with E-state index in [1.54, 1.807) is 16.2 Å². The third-order valence-electron chi connectivity index (χ3n) is 4.18. The van der Waals surface area contributed by atoms with Crippen LogP contribution in [0, 0.1) is 12.8 Å². The van der Waals surface area contributed by atoms with E-state index in [1.807, 2.05) is 49.4 Å². The third-order valence-corrected chi connectivity index (χ3v) is 5.10. The molecule has 1 unspecified atom stereocenters. The number of urea groups is 1. The molecule has 1 aliphatic carbocycles. The smallest absolute Gasteiger partial charge is 0.323 e. The van der Waals surface area contributed by atoms with Gasteiger partial charge >= 0.3 is 6.03 Å². The lowest BCUT2D eigenvalue weighted by atomic mass is 10.1. The molecule has 1 fully saturated rings. The van der Waals surface area contributed by atoms with Gasteiger partial charge in [-0.1, -0.05) is 30.3 Å². The number of aryl methyl sites for hydroxylation is 1. The van der Waals surface area contributed by atoms with Gasteiger partial charge < -0.3 is 10.0 Å². The highest BCUT2D eigenvalue weighted by atomic mass is 32.1. The second-order valence-electron chi connectivity index (χ2n) is 6.04. The molecule has 1 aliphatic rings. The first kappa shape index (κ1) is 16.0. The van der Waals surface area contributed by atoms with Crippen molar-refractivity contribution in [2.24, 2.45) is 5.92 Å². The Hall–Kier alpha value is -1.85. The summed E-state index contributed by atoms with van der Waals surface area (Å²) in [6.07, 6.45) is 2.17. The second kappa shape index (κ2) is 7.15. The summed E-state index contributed by atoms with van der Waals surface area (Å²) >= 11 is 1.56. The number of aliphatic hydroxyl groups excluding tert-OH is 1. The van der Waals surface area contributed by atoms with Gasteiger partial charge in [0.25, 0.3) is 0 Å². The molecule has 2 N–H and O–H groups in total. The van der Waals surface area contributed by atoms with Gasteiger partial charge in [0.2, 0.25) is 0 Å². The number of anilines is 1. The number of benzene rings is 1. The van der Waals surface area contributed by atoms with Crippen molar-refractivity contribution in [2.45, 2.75) is 32.4 Å². The number of nitrogens with zero attached hydrogens (tertiary/aromatic N) is 1. The maximum Gasteiger partial charge on any atom is 0.323 e. The molecule has 1 atom stereocenters. The Morgan fingerprint density at radius 3 is 2.61 bits per heavy atom. The normalized spacial score (nSPS) is 15.2. The first-order valence-corrected chi connectivity index (χ1v) is 8.78. The molecule has 0 radical (unpaired) electrons. The molecule has 3 rings (SSSR count). The summed E-state index contributed by atoms with van der Waals surface area (Å²) in [6, 6.07) is 13.6. The van der Waals surface area contributed by atoms with E-state index < -0.39 is 0 Å². The summed E-state index contributed by atoms with van der Waals surface area (Å²) in [6.45, 7) is 2.54. The number of thiophene rings is 1. The van der Waals surface area contributed by atoms with Crippen LogP contribution in [0.5, 0.6) is 0 Å². The molecule has 1 heterocycles. The topological polar surface area (TPSA) is 52.6 Å². The van der Waals surface area contributed by atoms with Gasteiger partial charge in [0.05, 0.1) is 17.6 Å². The van der Waals surface area contributed by atoms with Crippen LogP contribution in [0.15, 0.2) is 42.5 Å². The Bertz CT molecular complexity index is 652. The molecule has 0 spiro atoms. The van der Waals surface area contributed by atoms with Gasteiger partial charge in [-0.3, -0.25) is 5.32 Å². The molecule has 1 aromatic heterocycles. The summed E-state index contributed by atoms with van der Waals surface area (Å²) in [7, 11) is 0. The van der Waals surface area contributed by atoms with Gasteiger partial charge in [-0.05, 0) is 43.4 Å². The largest absolute Gasteiger partial charge is 0.394 e. The Balaban J connectivity index is 1.77. The van der Waals surface area contributed by atoms with E-state index in [-0.39, 0.29) is 18.7 Å². The number of nitrogens with one attached hydrogen (secondary N) is 1. The molecule has 0 saturated heterocycles. The fourth-order valence-corrected chi connectivity index (χ4v) is 3.54. The molecule has 122 valence electrons. The quantitative estimate of drug-likeness (QED) is 0.845. The molecule has 0 bridgehead atoms. The number of hydrogen-bond acceptors (Lipinski definition) is 3. The van der Waals surface area contributed by atoms with E-state index in [0.717, 1.165) is 28.3 Å². The van der Waals surface area contributed by atoms with Crippen molar-refractivity contribution in [3.05, 3.63) is 52.9 Å². The van der Waals surface area contributed by atoms with Gasteiger partial charge in [0.1, 0.15) is 0 Å². The van der Waals surface area contributed by atoms with Gasteiger partial charge in [0, 0.05) is 11.4 Å². The number of carbonyl (C=O) groups excluding carboxylic acids is 1. The molecule has 2 aromatic rings. The lowest BCUT2D eigenvalue weighted by Gasteiger charge is -2.31. The summed E-state index contributed by atoms with van der Waals surface area (Å²) in [5.74, 6) is 0.416. The molecule has 0 aliphatic heterocycles. The number of amides is 2. The minimum absolute atomic E-state index is 0.00832. The number of aliphatic hydroxyl groups is 1. The van der Waals surface area contributed by atoms with Crippen molar-refractivity contribution in [1.29, 1.82) is 0 Å². The van der Waals surface area contributed by atoms with Gasteiger partial charge in [-0.2, -0.15) is 0 Å². The zero-order chi connectivity index (χ0) is 16.2. The van der Waals surface area contributed by atoms with Crippen LogP contribution in [-0.2, 0) is 6.54 Å². The van der Waals surface area contributed by atoms with E-state index in [1.165, 1.54) is 0 Å². The Kier molecular flexibility index (Phi) is 4.98. The maximum absolute atomic E-state index is 12.8. The fourth-order valence-electron chi connectivity index (χ4n) is 2.78. The fraction of sp³-hybridized carbons (Fsp3) is 0.389. The maximum atomic E-state index is 12.8. The standard InChI is InChI=1S/C18H22N2O2S/c1-13-7-10-17(23-13)19-18(22)20(16(12-21)15-8-9-15)11-14-5-3-2-4-6-14/h2-7,10,15-16,21H,8-9,11-12H2,1H3,(H,19,22). The minimum Gasteiger partial charge on any atom is -0.394 e. The molecule has 23 heavy (non-hydrogen) atoms. The van der Waals surface area contributed by atoms with Crippen molar-refractivity contribution in [3.8, 4) is 0 Å². The molecule has 4 nitrogen and oxygen atoms in total. The molecule has 5 heteroatoms. The van der Waals surface area contributed by atoms with Gasteiger partial charge in [-0.15, -0.1) is 11.3 Å². The molecule has 1 aromatic carbocycles. The van der Waals surface area contributed by atoms with Crippen LogP contribution in [0.25, 0.3) is 0 Å². The molecular formula is C18H22N2O2S. The van der Waals surface area contributed by atoms with E-state index in [9.17, 15) is 9.90 Å². The van der Waals surface area contributed by atoms with Crippen LogP contribution in [-0.4, -0.2) is 28.7 Å². The predicted molar refractivity (Wildman–Crippen MR) is 93.7 cm³/mol. The van der Waals surface area contributed by atoms with Crippen LogP contribution >= 0.6 is 11.3 Å². The Morgan fingerprint density at radius 2 is 2.04 bits per heavy atom. The third kappa shape index (κ3) is 4.12.